The van der Waals surface area contributed by atoms with Crippen molar-refractivity contribution in [3.63, 3.8) is 0 Å². The van der Waals surface area contributed by atoms with Crippen LogP contribution < -0.4 is 0 Å². The normalized spacial score (nSPS) is 11.5. The lowest BCUT2D eigenvalue weighted by molar-refractivity contribution is 0.187. The Kier molecular flexibility index (Phi) is 5.18. The van der Waals surface area contributed by atoms with Gasteiger partial charge in [-0.15, -0.1) is 0 Å². The molecule has 0 amide bonds. The van der Waals surface area contributed by atoms with Gasteiger partial charge in [-0.25, -0.2) is 0 Å². The van der Waals surface area contributed by atoms with Crippen LogP contribution in [0.2, 0.25) is 0 Å². The zero-order valence-electron chi connectivity index (χ0n) is 11.5. The van der Waals surface area contributed by atoms with Gasteiger partial charge in [0, 0.05) is 26.1 Å². The van der Waals surface area contributed by atoms with Gasteiger partial charge in [0.2, 0.25) is 0 Å². The smallest absolute Gasteiger partial charge is 0.115 e. The van der Waals surface area contributed by atoms with E-state index in [1.165, 1.54) is 0 Å². The Morgan fingerprint density at radius 3 is 2.61 bits per heavy atom. The number of phenolic OH excluding ortho intramolecular Hbond substituents is 1. The van der Waals surface area contributed by atoms with Crippen molar-refractivity contribution in [2.75, 3.05) is 13.1 Å². The molecule has 0 unspecified atom stereocenters. The molecule has 1 rings (SSSR count). The molecule has 3 heteroatoms. The number of phenols is 1. The Hall–Kier alpha value is -1.53. The van der Waals surface area contributed by atoms with Crippen LogP contribution in [0, 0.1) is 16.7 Å². The van der Waals surface area contributed by atoms with Crippen LogP contribution in [0.1, 0.15) is 32.8 Å². The van der Waals surface area contributed by atoms with Gasteiger partial charge < -0.3 is 5.11 Å². The zero-order valence-corrected chi connectivity index (χ0v) is 11.5. The van der Waals surface area contributed by atoms with Crippen molar-refractivity contribution >= 4 is 0 Å². The monoisotopic (exact) mass is 246 g/mol. The van der Waals surface area contributed by atoms with Crippen LogP contribution in [0.15, 0.2) is 24.3 Å². The van der Waals surface area contributed by atoms with Gasteiger partial charge in [0.25, 0.3) is 0 Å². The lowest BCUT2D eigenvalue weighted by atomic mass is 9.95. The van der Waals surface area contributed by atoms with Gasteiger partial charge in [-0.2, -0.15) is 5.26 Å². The number of hydrogen-bond donors (Lipinski definition) is 1. The topological polar surface area (TPSA) is 47.3 Å². The fraction of sp³-hybridized carbons (Fsp3) is 0.533. The van der Waals surface area contributed by atoms with E-state index in [4.69, 9.17) is 5.26 Å². The molecule has 0 fully saturated rings. The summed E-state index contributed by atoms with van der Waals surface area (Å²) in [6.45, 7) is 9.04. The fourth-order valence-electron chi connectivity index (χ4n) is 2.01. The van der Waals surface area contributed by atoms with Gasteiger partial charge in [-0.3, -0.25) is 4.90 Å². The van der Waals surface area contributed by atoms with Gasteiger partial charge in [-0.05, 0) is 23.1 Å². The van der Waals surface area contributed by atoms with Crippen molar-refractivity contribution < 1.29 is 5.11 Å². The van der Waals surface area contributed by atoms with E-state index in [0.717, 1.165) is 25.2 Å². The zero-order chi connectivity index (χ0) is 13.6. The minimum absolute atomic E-state index is 0.201. The Morgan fingerprint density at radius 2 is 2.06 bits per heavy atom. The maximum Gasteiger partial charge on any atom is 0.115 e. The van der Waals surface area contributed by atoms with Crippen LogP contribution in [-0.4, -0.2) is 23.1 Å². The molecule has 1 aromatic carbocycles. The number of nitriles is 1. The molecule has 0 aliphatic heterocycles. The van der Waals surface area contributed by atoms with Crippen LogP contribution in [0.5, 0.6) is 5.75 Å². The van der Waals surface area contributed by atoms with Crippen LogP contribution >= 0.6 is 0 Å². The van der Waals surface area contributed by atoms with E-state index in [1.807, 2.05) is 12.1 Å². The molecule has 0 aliphatic carbocycles. The summed E-state index contributed by atoms with van der Waals surface area (Å²) >= 11 is 0. The van der Waals surface area contributed by atoms with Crippen molar-refractivity contribution in [1.29, 1.82) is 5.26 Å². The first-order valence-electron chi connectivity index (χ1n) is 6.28. The van der Waals surface area contributed by atoms with Gasteiger partial charge in [0.15, 0.2) is 0 Å². The summed E-state index contributed by atoms with van der Waals surface area (Å²) in [6.07, 6.45) is 0.537. The average molecular weight is 246 g/mol. The first-order valence-corrected chi connectivity index (χ1v) is 6.28. The summed E-state index contributed by atoms with van der Waals surface area (Å²) in [5.74, 6) is 0.295. The lowest BCUT2D eigenvalue weighted by Crippen LogP contribution is -2.33. The van der Waals surface area contributed by atoms with Crippen molar-refractivity contribution in [2.24, 2.45) is 5.41 Å². The molecule has 0 saturated heterocycles. The average Bonchev–Trinajstić information content (AvgIpc) is 2.24. The molecule has 0 aromatic heterocycles. The van der Waals surface area contributed by atoms with Crippen LogP contribution in [-0.2, 0) is 6.54 Å². The quantitative estimate of drug-likeness (QED) is 0.868. The molecule has 0 spiro atoms. The predicted octanol–water partition coefficient (Wildman–Crippen LogP) is 3.15. The highest BCUT2D eigenvalue weighted by Crippen LogP contribution is 2.19. The van der Waals surface area contributed by atoms with Crippen LogP contribution in [0.25, 0.3) is 0 Å². The summed E-state index contributed by atoms with van der Waals surface area (Å²) < 4.78 is 0. The number of hydrogen-bond acceptors (Lipinski definition) is 3. The Balaban J connectivity index is 2.69. The molecule has 18 heavy (non-hydrogen) atoms. The highest BCUT2D eigenvalue weighted by Gasteiger charge is 2.16. The predicted molar refractivity (Wildman–Crippen MR) is 73.1 cm³/mol. The third kappa shape index (κ3) is 5.70. The first kappa shape index (κ1) is 14.5. The molecule has 1 aromatic rings. The molecule has 0 heterocycles. The Labute approximate surface area is 110 Å². The van der Waals surface area contributed by atoms with Gasteiger partial charge >= 0.3 is 0 Å². The standard InChI is InChI=1S/C15H22N2O/c1-15(2,3)12-17(9-5-8-16)11-13-6-4-7-14(18)10-13/h4,6-7,10,18H,5,9,11-12H2,1-3H3. The molecule has 0 atom stereocenters. The Bertz CT molecular complexity index is 415. The molecule has 98 valence electrons. The summed E-state index contributed by atoms with van der Waals surface area (Å²) in [5, 5.41) is 18.2. The second kappa shape index (κ2) is 6.42. The third-order valence-electron chi connectivity index (χ3n) is 2.55. The van der Waals surface area contributed by atoms with Crippen molar-refractivity contribution in [1.82, 2.24) is 4.90 Å². The van der Waals surface area contributed by atoms with Crippen LogP contribution in [0.3, 0.4) is 0 Å². The number of nitrogens with zero attached hydrogens (tertiary/aromatic N) is 2. The maximum atomic E-state index is 9.46. The second-order valence-corrected chi connectivity index (χ2v) is 5.85. The molecular weight excluding hydrogens is 224 g/mol. The van der Waals surface area contributed by atoms with Gasteiger partial charge in [0.1, 0.15) is 5.75 Å². The van der Waals surface area contributed by atoms with Gasteiger partial charge in [-0.1, -0.05) is 32.9 Å². The van der Waals surface area contributed by atoms with E-state index in [2.05, 4.69) is 31.7 Å². The molecule has 3 nitrogen and oxygen atoms in total. The maximum absolute atomic E-state index is 9.46. The fourth-order valence-corrected chi connectivity index (χ4v) is 2.01. The third-order valence-corrected chi connectivity index (χ3v) is 2.55. The largest absolute Gasteiger partial charge is 0.508 e. The van der Waals surface area contributed by atoms with Gasteiger partial charge in [0.05, 0.1) is 6.07 Å². The van der Waals surface area contributed by atoms with E-state index in [1.54, 1.807) is 12.1 Å². The summed E-state index contributed by atoms with van der Waals surface area (Å²) in [6, 6.07) is 9.50. The highest BCUT2D eigenvalue weighted by atomic mass is 16.3. The SMILES string of the molecule is CC(C)(C)CN(CCC#N)Cc1cccc(O)c1. The molecule has 0 bridgehead atoms. The van der Waals surface area contributed by atoms with Crippen LogP contribution in [0.4, 0.5) is 0 Å². The summed E-state index contributed by atoms with van der Waals surface area (Å²) in [7, 11) is 0. The highest BCUT2D eigenvalue weighted by molar-refractivity contribution is 5.27. The first-order chi connectivity index (χ1) is 8.40. The van der Waals surface area contributed by atoms with E-state index < -0.39 is 0 Å². The van der Waals surface area contributed by atoms with E-state index >= 15 is 0 Å². The minimum atomic E-state index is 0.201. The van der Waals surface area contributed by atoms with E-state index in [9.17, 15) is 5.11 Å². The van der Waals surface area contributed by atoms with Crippen molar-refractivity contribution in [2.45, 2.75) is 33.7 Å². The van der Waals surface area contributed by atoms with E-state index in [-0.39, 0.29) is 5.41 Å². The second-order valence-electron chi connectivity index (χ2n) is 5.85. The van der Waals surface area contributed by atoms with Crippen molar-refractivity contribution in [3.8, 4) is 11.8 Å². The number of aromatic hydroxyl groups is 1. The lowest BCUT2D eigenvalue weighted by Gasteiger charge is -2.29. The summed E-state index contributed by atoms with van der Waals surface area (Å²) in [5.41, 5.74) is 1.28. The van der Waals surface area contributed by atoms with Crippen molar-refractivity contribution in [3.05, 3.63) is 29.8 Å². The molecular formula is C15H22N2O. The van der Waals surface area contributed by atoms with E-state index in [0.29, 0.717) is 12.2 Å². The Morgan fingerprint density at radius 1 is 1.33 bits per heavy atom. The molecule has 0 aliphatic rings. The minimum Gasteiger partial charge on any atom is -0.508 e. The summed E-state index contributed by atoms with van der Waals surface area (Å²) in [4.78, 5) is 2.26. The molecule has 0 radical (unpaired) electrons. The number of benzene rings is 1. The molecule has 1 N–H and O–H groups in total. The molecule has 0 saturated carbocycles. The number of rotatable bonds is 5.